The Bertz CT molecular complexity index is 305. The first-order valence-electron chi connectivity index (χ1n) is 4.10. The Hall–Kier alpha value is -0.670. The van der Waals surface area contributed by atoms with E-state index in [1.165, 1.54) is 5.56 Å². The van der Waals surface area contributed by atoms with Crippen molar-refractivity contribution >= 4 is 17.1 Å². The molecule has 0 amide bonds. The molecular weight excluding hydrogens is 170 g/mol. The van der Waals surface area contributed by atoms with Gasteiger partial charge in [0.1, 0.15) is 0 Å². The molecule has 2 rings (SSSR count). The molecule has 1 aliphatic heterocycles. The minimum atomic E-state index is 0.240. The van der Waals surface area contributed by atoms with Gasteiger partial charge in [-0.2, -0.15) is 0 Å². The van der Waals surface area contributed by atoms with E-state index in [0.717, 1.165) is 11.3 Å². The van der Waals surface area contributed by atoms with Gasteiger partial charge in [-0.3, -0.25) is 4.79 Å². The number of Topliss-reactive ketones (excluding diaryl/α,β-unsaturated/α-hetero) is 1. The molecule has 64 valence electrons. The van der Waals surface area contributed by atoms with Gasteiger partial charge in [-0.05, 0) is 30.4 Å². The highest BCUT2D eigenvalue weighted by molar-refractivity contribution is 7.12. The smallest absolute Gasteiger partial charge is 0.186 e. The highest BCUT2D eigenvalue weighted by Crippen LogP contribution is 2.20. The van der Waals surface area contributed by atoms with Crippen molar-refractivity contribution in [2.24, 2.45) is 0 Å². The van der Waals surface area contributed by atoms with Crippen LogP contribution in [0.15, 0.2) is 11.4 Å². The zero-order valence-electron chi connectivity index (χ0n) is 6.96. The van der Waals surface area contributed by atoms with Crippen LogP contribution in [0.2, 0.25) is 0 Å². The average Bonchev–Trinajstić information content (AvgIpc) is 2.44. The topological polar surface area (TPSA) is 29.1 Å². The molecule has 3 heteroatoms. The lowest BCUT2D eigenvalue weighted by Crippen LogP contribution is -2.29. The van der Waals surface area contributed by atoms with Gasteiger partial charge in [-0.25, -0.2) is 0 Å². The van der Waals surface area contributed by atoms with E-state index >= 15 is 0 Å². The number of hydrogen-bond acceptors (Lipinski definition) is 3. The van der Waals surface area contributed by atoms with Gasteiger partial charge in [0, 0.05) is 6.04 Å². The number of carbonyl (C=O) groups excluding carboxylic acids is 1. The van der Waals surface area contributed by atoms with Crippen molar-refractivity contribution in [1.82, 2.24) is 5.32 Å². The maximum Gasteiger partial charge on any atom is 0.186 e. The van der Waals surface area contributed by atoms with Crippen LogP contribution in [-0.2, 0) is 6.42 Å². The van der Waals surface area contributed by atoms with Crippen LogP contribution in [0.5, 0.6) is 0 Å². The predicted octanol–water partition coefficient (Wildman–Crippen LogP) is 1.46. The Labute approximate surface area is 75.6 Å². The monoisotopic (exact) mass is 181 g/mol. The Kier molecular flexibility index (Phi) is 1.98. The third-order valence-corrected chi connectivity index (χ3v) is 3.13. The summed E-state index contributed by atoms with van der Waals surface area (Å²) >= 11 is 1.56. The Morgan fingerprint density at radius 3 is 3.33 bits per heavy atom. The fraction of sp³-hybridized carbons (Fsp3) is 0.444. The van der Waals surface area contributed by atoms with Crippen molar-refractivity contribution in [3.8, 4) is 0 Å². The molecule has 1 unspecified atom stereocenters. The fourth-order valence-electron chi connectivity index (χ4n) is 1.49. The number of nitrogens with one attached hydrogen (secondary N) is 1. The fourth-order valence-corrected chi connectivity index (χ4v) is 2.37. The van der Waals surface area contributed by atoms with E-state index in [1.807, 2.05) is 5.38 Å². The molecule has 0 fully saturated rings. The lowest BCUT2D eigenvalue weighted by atomic mass is 10.1. The van der Waals surface area contributed by atoms with Crippen molar-refractivity contribution in [2.75, 3.05) is 6.54 Å². The molecule has 0 aromatic carbocycles. The molecule has 0 saturated carbocycles. The van der Waals surface area contributed by atoms with Crippen molar-refractivity contribution < 1.29 is 4.79 Å². The molecule has 0 bridgehead atoms. The highest BCUT2D eigenvalue weighted by atomic mass is 32.1. The van der Waals surface area contributed by atoms with E-state index in [1.54, 1.807) is 11.3 Å². The van der Waals surface area contributed by atoms with Crippen molar-refractivity contribution in [3.63, 3.8) is 0 Å². The lowest BCUT2D eigenvalue weighted by Gasteiger charge is -2.06. The number of rotatable bonds is 0. The van der Waals surface area contributed by atoms with Crippen LogP contribution < -0.4 is 5.32 Å². The molecule has 1 aromatic rings. The second kappa shape index (κ2) is 2.99. The Balaban J connectivity index is 2.38. The van der Waals surface area contributed by atoms with Gasteiger partial charge >= 0.3 is 0 Å². The molecule has 2 nitrogen and oxygen atoms in total. The number of fused-ring (bicyclic) bond motifs is 1. The van der Waals surface area contributed by atoms with Gasteiger partial charge in [0.15, 0.2) is 5.78 Å². The van der Waals surface area contributed by atoms with E-state index < -0.39 is 0 Å². The number of hydrogen-bond donors (Lipinski definition) is 1. The van der Waals surface area contributed by atoms with Crippen LogP contribution >= 0.6 is 11.3 Å². The second-order valence-corrected chi connectivity index (χ2v) is 4.10. The predicted molar refractivity (Wildman–Crippen MR) is 49.8 cm³/mol. The summed E-state index contributed by atoms with van der Waals surface area (Å²) in [5, 5.41) is 5.18. The van der Waals surface area contributed by atoms with E-state index in [0.29, 0.717) is 12.6 Å². The van der Waals surface area contributed by atoms with E-state index in [2.05, 4.69) is 18.3 Å². The lowest BCUT2D eigenvalue weighted by molar-refractivity contribution is 0.0995. The van der Waals surface area contributed by atoms with Gasteiger partial charge in [0.05, 0.1) is 11.4 Å². The van der Waals surface area contributed by atoms with Crippen LogP contribution in [0, 0.1) is 0 Å². The van der Waals surface area contributed by atoms with Crippen LogP contribution in [0.1, 0.15) is 22.2 Å². The minimum absolute atomic E-state index is 0.240. The summed E-state index contributed by atoms with van der Waals surface area (Å²) in [7, 11) is 0. The van der Waals surface area contributed by atoms with Crippen LogP contribution in [-0.4, -0.2) is 18.4 Å². The molecule has 1 aliphatic rings. The summed E-state index contributed by atoms with van der Waals surface area (Å²) in [5.74, 6) is 0.240. The maximum absolute atomic E-state index is 11.5. The minimum Gasteiger partial charge on any atom is -0.307 e. The Morgan fingerprint density at radius 2 is 2.50 bits per heavy atom. The van der Waals surface area contributed by atoms with E-state index in [9.17, 15) is 4.79 Å². The molecule has 0 saturated heterocycles. The van der Waals surface area contributed by atoms with Crippen molar-refractivity contribution in [1.29, 1.82) is 0 Å². The quantitative estimate of drug-likeness (QED) is 0.656. The first kappa shape index (κ1) is 7.95. The van der Waals surface area contributed by atoms with Crippen molar-refractivity contribution in [3.05, 3.63) is 21.9 Å². The number of ketones is 1. The standard InChI is InChI=1S/C9H11NOS/c1-6-4-7-2-3-12-9(7)8(11)5-10-6/h2-3,6,10H,4-5H2,1H3. The van der Waals surface area contributed by atoms with Crippen LogP contribution in [0.4, 0.5) is 0 Å². The third kappa shape index (κ3) is 1.30. The third-order valence-electron chi connectivity index (χ3n) is 2.14. The molecule has 0 aliphatic carbocycles. The molecule has 0 spiro atoms. The van der Waals surface area contributed by atoms with Gasteiger partial charge in [0.2, 0.25) is 0 Å². The molecule has 1 N–H and O–H groups in total. The molecular formula is C9H11NOS. The SMILES string of the molecule is CC1Cc2ccsc2C(=O)CN1. The van der Waals surface area contributed by atoms with Crippen molar-refractivity contribution in [2.45, 2.75) is 19.4 Å². The number of carbonyl (C=O) groups is 1. The summed E-state index contributed by atoms with van der Waals surface area (Å²) in [6.07, 6.45) is 0.977. The maximum atomic E-state index is 11.5. The van der Waals surface area contributed by atoms with E-state index in [-0.39, 0.29) is 5.78 Å². The van der Waals surface area contributed by atoms with Gasteiger partial charge in [0.25, 0.3) is 0 Å². The first-order valence-corrected chi connectivity index (χ1v) is 4.98. The summed E-state index contributed by atoms with van der Waals surface area (Å²) in [6.45, 7) is 2.61. The molecule has 1 aromatic heterocycles. The summed E-state index contributed by atoms with van der Waals surface area (Å²) in [4.78, 5) is 12.4. The summed E-state index contributed by atoms with van der Waals surface area (Å²) < 4.78 is 0. The number of thiophene rings is 1. The molecule has 0 radical (unpaired) electrons. The summed E-state index contributed by atoms with van der Waals surface area (Å²) in [6, 6.07) is 2.48. The zero-order valence-corrected chi connectivity index (χ0v) is 7.78. The largest absolute Gasteiger partial charge is 0.307 e. The molecule has 12 heavy (non-hydrogen) atoms. The summed E-state index contributed by atoms with van der Waals surface area (Å²) in [5.41, 5.74) is 1.21. The van der Waals surface area contributed by atoms with Crippen LogP contribution in [0.25, 0.3) is 0 Å². The van der Waals surface area contributed by atoms with Gasteiger partial charge in [-0.15, -0.1) is 11.3 Å². The van der Waals surface area contributed by atoms with Gasteiger partial charge < -0.3 is 5.32 Å². The Morgan fingerprint density at radius 1 is 1.67 bits per heavy atom. The normalized spacial score (nSPS) is 23.4. The average molecular weight is 181 g/mol. The van der Waals surface area contributed by atoms with Gasteiger partial charge in [-0.1, -0.05) is 0 Å². The second-order valence-electron chi connectivity index (χ2n) is 3.18. The van der Waals surface area contributed by atoms with E-state index in [4.69, 9.17) is 0 Å². The molecule has 2 heterocycles. The first-order chi connectivity index (χ1) is 5.77. The van der Waals surface area contributed by atoms with Crippen LogP contribution in [0.3, 0.4) is 0 Å². The zero-order chi connectivity index (χ0) is 8.55. The highest BCUT2D eigenvalue weighted by Gasteiger charge is 2.19. The molecule has 1 atom stereocenters.